The molecule has 0 saturated heterocycles. The fraction of sp³-hybridized carbons (Fsp3) is 0.500. The molecule has 20 heavy (non-hydrogen) atoms. The summed E-state index contributed by atoms with van der Waals surface area (Å²) in [7, 11) is 0. The quantitative estimate of drug-likeness (QED) is 0.930. The van der Waals surface area contributed by atoms with Crippen LogP contribution in [0.25, 0.3) is 0 Å². The SMILES string of the molecule is CC[C@H](Oc1ccc(Cl)c(F)c1)C1CC12COC(N)=N2. The number of ether oxygens (including phenoxy) is 2. The van der Waals surface area contributed by atoms with E-state index < -0.39 is 5.82 Å². The van der Waals surface area contributed by atoms with Crippen molar-refractivity contribution in [2.45, 2.75) is 31.4 Å². The maximum atomic E-state index is 13.4. The Morgan fingerprint density at radius 2 is 2.45 bits per heavy atom. The second kappa shape index (κ2) is 4.81. The lowest BCUT2D eigenvalue weighted by molar-refractivity contribution is 0.157. The number of hydrogen-bond acceptors (Lipinski definition) is 4. The van der Waals surface area contributed by atoms with Crippen molar-refractivity contribution in [2.24, 2.45) is 16.6 Å². The first-order chi connectivity index (χ1) is 9.54. The van der Waals surface area contributed by atoms with Gasteiger partial charge in [0.25, 0.3) is 6.02 Å². The molecule has 2 aliphatic rings. The molecule has 0 bridgehead atoms. The van der Waals surface area contributed by atoms with Crippen LogP contribution in [0.3, 0.4) is 0 Å². The summed E-state index contributed by atoms with van der Waals surface area (Å²) in [6, 6.07) is 4.73. The van der Waals surface area contributed by atoms with E-state index in [1.54, 1.807) is 6.07 Å². The van der Waals surface area contributed by atoms with Gasteiger partial charge in [-0.1, -0.05) is 18.5 Å². The minimum absolute atomic E-state index is 0.0335. The van der Waals surface area contributed by atoms with Gasteiger partial charge in [0.2, 0.25) is 0 Å². The van der Waals surface area contributed by atoms with Gasteiger partial charge in [-0.25, -0.2) is 9.38 Å². The molecule has 3 atom stereocenters. The van der Waals surface area contributed by atoms with Crippen molar-refractivity contribution in [2.75, 3.05) is 6.61 Å². The van der Waals surface area contributed by atoms with E-state index in [2.05, 4.69) is 4.99 Å². The summed E-state index contributed by atoms with van der Waals surface area (Å²) in [6.45, 7) is 2.55. The van der Waals surface area contributed by atoms with E-state index in [4.69, 9.17) is 26.8 Å². The van der Waals surface area contributed by atoms with Gasteiger partial charge in [0, 0.05) is 12.0 Å². The molecule has 1 saturated carbocycles. The minimum Gasteiger partial charge on any atom is -0.490 e. The topological polar surface area (TPSA) is 56.8 Å². The molecule has 0 radical (unpaired) electrons. The van der Waals surface area contributed by atoms with Gasteiger partial charge in [-0.2, -0.15) is 0 Å². The maximum Gasteiger partial charge on any atom is 0.282 e. The fourth-order valence-corrected chi connectivity index (χ4v) is 2.87. The smallest absolute Gasteiger partial charge is 0.282 e. The molecule has 1 aliphatic heterocycles. The van der Waals surface area contributed by atoms with Crippen LogP contribution in [-0.2, 0) is 4.74 Å². The van der Waals surface area contributed by atoms with Crippen LogP contribution in [-0.4, -0.2) is 24.3 Å². The van der Waals surface area contributed by atoms with Crippen molar-refractivity contribution in [1.82, 2.24) is 0 Å². The van der Waals surface area contributed by atoms with Crippen LogP contribution in [0.1, 0.15) is 19.8 Å². The van der Waals surface area contributed by atoms with E-state index >= 15 is 0 Å². The van der Waals surface area contributed by atoms with E-state index in [0.29, 0.717) is 12.4 Å². The highest BCUT2D eigenvalue weighted by molar-refractivity contribution is 6.30. The third kappa shape index (κ3) is 2.30. The number of halogens is 2. The number of nitrogens with zero attached hydrogens (tertiary/aromatic N) is 1. The number of aliphatic imine (C=N–C) groups is 1. The Morgan fingerprint density at radius 3 is 3.05 bits per heavy atom. The molecule has 1 heterocycles. The van der Waals surface area contributed by atoms with Crippen molar-refractivity contribution in [3.05, 3.63) is 29.0 Å². The Balaban J connectivity index is 1.71. The second-order valence-corrected chi connectivity index (χ2v) is 5.70. The zero-order valence-electron chi connectivity index (χ0n) is 11.1. The molecule has 2 unspecified atom stereocenters. The number of amidine groups is 1. The van der Waals surface area contributed by atoms with E-state index in [0.717, 1.165) is 12.8 Å². The summed E-state index contributed by atoms with van der Waals surface area (Å²) in [6.07, 6.45) is 1.67. The van der Waals surface area contributed by atoms with E-state index in [1.165, 1.54) is 12.1 Å². The standard InChI is InChI=1S/C14H16ClFN2O2/c1-2-12(9-6-14(9)7-19-13(17)18-14)20-8-3-4-10(15)11(16)5-8/h3-5,9,12H,2,6-7H2,1H3,(H2,17,18)/t9?,12-,14?/m0/s1. The molecule has 0 aromatic heterocycles. The summed E-state index contributed by atoms with van der Waals surface area (Å²) < 4.78 is 24.5. The van der Waals surface area contributed by atoms with Crippen LogP contribution in [0.15, 0.2) is 23.2 Å². The molecular formula is C14H16ClFN2O2. The van der Waals surface area contributed by atoms with Gasteiger partial charge in [-0.05, 0) is 25.0 Å². The molecule has 4 nitrogen and oxygen atoms in total. The van der Waals surface area contributed by atoms with Crippen LogP contribution in [0.5, 0.6) is 5.75 Å². The molecule has 1 fully saturated rings. The van der Waals surface area contributed by atoms with Crippen molar-refractivity contribution < 1.29 is 13.9 Å². The number of benzene rings is 1. The monoisotopic (exact) mass is 298 g/mol. The van der Waals surface area contributed by atoms with Crippen molar-refractivity contribution in [1.29, 1.82) is 0 Å². The zero-order valence-corrected chi connectivity index (χ0v) is 11.9. The Labute approximate surface area is 121 Å². The Bertz CT molecular complexity index is 566. The molecule has 1 aromatic rings. The van der Waals surface area contributed by atoms with Gasteiger partial charge in [0.15, 0.2) is 0 Å². The first-order valence-corrected chi connectivity index (χ1v) is 7.02. The minimum atomic E-state index is -0.476. The summed E-state index contributed by atoms with van der Waals surface area (Å²) in [5, 5.41) is 0.0925. The first-order valence-electron chi connectivity index (χ1n) is 6.64. The Morgan fingerprint density at radius 1 is 1.65 bits per heavy atom. The second-order valence-electron chi connectivity index (χ2n) is 5.29. The molecule has 3 rings (SSSR count). The van der Waals surface area contributed by atoms with E-state index in [-0.39, 0.29) is 28.6 Å². The summed E-state index contributed by atoms with van der Waals surface area (Å²) in [4.78, 5) is 4.35. The lowest BCUT2D eigenvalue weighted by atomic mass is 10.1. The van der Waals surface area contributed by atoms with Crippen LogP contribution in [0.4, 0.5) is 4.39 Å². The largest absolute Gasteiger partial charge is 0.490 e. The summed E-state index contributed by atoms with van der Waals surface area (Å²) >= 11 is 5.66. The highest BCUT2D eigenvalue weighted by Gasteiger charge is 2.61. The molecule has 108 valence electrons. The van der Waals surface area contributed by atoms with Gasteiger partial charge in [0.1, 0.15) is 29.8 Å². The molecular weight excluding hydrogens is 283 g/mol. The van der Waals surface area contributed by atoms with Crippen molar-refractivity contribution >= 4 is 17.6 Å². The molecule has 6 heteroatoms. The van der Waals surface area contributed by atoms with Crippen LogP contribution in [0, 0.1) is 11.7 Å². The third-order valence-electron chi connectivity index (χ3n) is 3.94. The summed E-state index contributed by atoms with van der Waals surface area (Å²) in [5.74, 6) is 0.264. The highest BCUT2D eigenvalue weighted by atomic mass is 35.5. The zero-order chi connectivity index (χ0) is 14.3. The fourth-order valence-electron chi connectivity index (χ4n) is 2.75. The lowest BCUT2D eigenvalue weighted by Crippen LogP contribution is -2.25. The van der Waals surface area contributed by atoms with Crippen molar-refractivity contribution in [3.8, 4) is 5.75 Å². The number of hydrogen-bond donors (Lipinski definition) is 1. The maximum absolute atomic E-state index is 13.4. The van der Waals surface area contributed by atoms with E-state index in [9.17, 15) is 4.39 Å². The lowest BCUT2D eigenvalue weighted by Gasteiger charge is -2.19. The van der Waals surface area contributed by atoms with E-state index in [1.807, 2.05) is 6.92 Å². The van der Waals surface area contributed by atoms with Gasteiger partial charge in [0.05, 0.1) is 5.02 Å². The Hall–Kier alpha value is -1.49. The normalized spacial score (nSPS) is 28.9. The number of rotatable bonds is 4. The summed E-state index contributed by atoms with van der Waals surface area (Å²) in [5.41, 5.74) is 5.34. The molecule has 0 amide bonds. The number of nitrogens with two attached hydrogens (primary N) is 1. The van der Waals surface area contributed by atoms with Gasteiger partial charge >= 0.3 is 0 Å². The first kappa shape index (κ1) is 13.5. The Kier molecular flexibility index (Phi) is 3.24. The van der Waals surface area contributed by atoms with Gasteiger partial charge in [-0.3, -0.25) is 0 Å². The third-order valence-corrected chi connectivity index (χ3v) is 4.24. The molecule has 2 N–H and O–H groups in total. The van der Waals surface area contributed by atoms with Crippen LogP contribution >= 0.6 is 11.6 Å². The molecule has 1 aromatic carbocycles. The predicted octanol–water partition coefficient (Wildman–Crippen LogP) is 2.74. The average Bonchev–Trinajstić information content (AvgIpc) is 2.98. The van der Waals surface area contributed by atoms with Crippen LogP contribution in [0.2, 0.25) is 5.02 Å². The van der Waals surface area contributed by atoms with Gasteiger partial charge in [-0.15, -0.1) is 0 Å². The van der Waals surface area contributed by atoms with Crippen molar-refractivity contribution in [3.63, 3.8) is 0 Å². The molecule has 1 spiro atoms. The van der Waals surface area contributed by atoms with Gasteiger partial charge < -0.3 is 15.2 Å². The van der Waals surface area contributed by atoms with Crippen LogP contribution < -0.4 is 10.5 Å². The highest BCUT2D eigenvalue weighted by Crippen LogP contribution is 2.52. The molecule has 1 aliphatic carbocycles. The predicted molar refractivity (Wildman–Crippen MR) is 74.5 cm³/mol. The average molecular weight is 299 g/mol.